The fraction of sp³-hybridized carbons (Fsp3) is 0.909. The number of aliphatic hydroxyl groups is 1. The highest BCUT2D eigenvalue weighted by Crippen LogP contribution is 2.67. The normalized spacial score (nSPS) is 52.1. The highest BCUT2D eigenvalue weighted by molar-refractivity contribution is 5.26. The van der Waals surface area contributed by atoms with Crippen LogP contribution in [0.5, 0.6) is 0 Å². The lowest BCUT2D eigenvalue weighted by molar-refractivity contribution is -0.0969. The van der Waals surface area contributed by atoms with Crippen molar-refractivity contribution in [1.82, 2.24) is 0 Å². The second kappa shape index (κ2) is 2.09. The molecule has 2 rings (SSSR count). The van der Waals surface area contributed by atoms with Crippen molar-refractivity contribution in [1.29, 1.82) is 5.26 Å². The molecule has 0 amide bonds. The molecular formula is C11H17NO. The molecule has 3 atom stereocenters. The predicted octanol–water partition coefficient (Wildman–Crippen LogP) is 2.09. The first-order valence-electron chi connectivity index (χ1n) is 5.01. The summed E-state index contributed by atoms with van der Waals surface area (Å²) in [6.07, 6.45) is 3.20. The van der Waals surface area contributed by atoms with Gasteiger partial charge < -0.3 is 5.11 Å². The van der Waals surface area contributed by atoms with Crippen molar-refractivity contribution in [3.8, 4) is 6.07 Å². The van der Waals surface area contributed by atoms with Crippen molar-refractivity contribution in [2.45, 2.75) is 45.6 Å². The SMILES string of the molecule is CC1(C)[C@H]2CC[C@](C)(C2)[C@]1(O)C#N. The molecule has 0 unspecified atom stereocenters. The van der Waals surface area contributed by atoms with Crippen molar-refractivity contribution in [2.24, 2.45) is 16.7 Å². The summed E-state index contributed by atoms with van der Waals surface area (Å²) in [6, 6.07) is 2.16. The van der Waals surface area contributed by atoms with Crippen LogP contribution in [-0.4, -0.2) is 10.7 Å². The third-order valence-electron chi connectivity index (χ3n) is 4.73. The van der Waals surface area contributed by atoms with Gasteiger partial charge in [0.2, 0.25) is 0 Å². The monoisotopic (exact) mass is 179 g/mol. The number of hydrogen-bond acceptors (Lipinski definition) is 2. The Balaban J connectivity index is 2.53. The third kappa shape index (κ3) is 0.729. The topological polar surface area (TPSA) is 44.0 Å². The lowest BCUT2D eigenvalue weighted by atomic mass is 9.61. The van der Waals surface area contributed by atoms with E-state index >= 15 is 0 Å². The Morgan fingerprint density at radius 3 is 2.31 bits per heavy atom. The molecule has 0 spiro atoms. The predicted molar refractivity (Wildman–Crippen MR) is 49.8 cm³/mol. The van der Waals surface area contributed by atoms with Gasteiger partial charge in [-0.15, -0.1) is 0 Å². The number of fused-ring (bicyclic) bond motifs is 2. The first kappa shape index (κ1) is 9.02. The van der Waals surface area contributed by atoms with Crippen LogP contribution in [0.4, 0.5) is 0 Å². The van der Waals surface area contributed by atoms with Crippen molar-refractivity contribution in [3.63, 3.8) is 0 Å². The summed E-state index contributed by atoms with van der Waals surface area (Å²) in [5.74, 6) is 0.530. The molecule has 0 aromatic rings. The highest BCUT2D eigenvalue weighted by atomic mass is 16.3. The minimum absolute atomic E-state index is 0.157. The summed E-state index contributed by atoms with van der Waals surface area (Å²) in [7, 11) is 0. The zero-order chi connectivity index (χ0) is 9.91. The van der Waals surface area contributed by atoms with Crippen LogP contribution in [0.1, 0.15) is 40.0 Å². The largest absolute Gasteiger partial charge is 0.374 e. The minimum atomic E-state index is -1.11. The lowest BCUT2D eigenvalue weighted by Crippen LogP contribution is -2.52. The van der Waals surface area contributed by atoms with Crippen LogP contribution < -0.4 is 0 Å². The molecule has 0 saturated heterocycles. The van der Waals surface area contributed by atoms with E-state index in [1.165, 1.54) is 6.42 Å². The van der Waals surface area contributed by atoms with Gasteiger partial charge in [-0.25, -0.2) is 0 Å². The molecule has 2 saturated carbocycles. The molecule has 0 radical (unpaired) electrons. The zero-order valence-corrected chi connectivity index (χ0v) is 8.59. The Kier molecular flexibility index (Phi) is 1.45. The van der Waals surface area contributed by atoms with Gasteiger partial charge in [-0.05, 0) is 25.2 Å². The van der Waals surface area contributed by atoms with Crippen LogP contribution in [-0.2, 0) is 0 Å². The van der Waals surface area contributed by atoms with Gasteiger partial charge in [0.1, 0.15) is 0 Å². The van der Waals surface area contributed by atoms with Crippen molar-refractivity contribution < 1.29 is 5.11 Å². The van der Waals surface area contributed by atoms with E-state index in [1.54, 1.807) is 0 Å². The molecule has 1 N–H and O–H groups in total. The van der Waals surface area contributed by atoms with E-state index in [1.807, 2.05) is 13.8 Å². The van der Waals surface area contributed by atoms with E-state index in [9.17, 15) is 5.11 Å². The molecule has 0 aliphatic heterocycles. The van der Waals surface area contributed by atoms with Crippen molar-refractivity contribution in [3.05, 3.63) is 0 Å². The fourth-order valence-electron chi connectivity index (χ4n) is 3.54. The summed E-state index contributed by atoms with van der Waals surface area (Å²) < 4.78 is 0. The Hall–Kier alpha value is -0.550. The van der Waals surface area contributed by atoms with Gasteiger partial charge in [0, 0.05) is 10.8 Å². The standard InChI is InChI=1S/C11H17NO/c1-9(2)8-4-5-10(3,6-8)11(9,13)7-12/h8,13H,4-6H2,1-3H3/t8-,10+,11-/m0/s1. The van der Waals surface area contributed by atoms with E-state index in [0.29, 0.717) is 5.92 Å². The Morgan fingerprint density at radius 2 is 2.00 bits per heavy atom. The summed E-state index contributed by atoms with van der Waals surface area (Å²) >= 11 is 0. The molecule has 2 nitrogen and oxygen atoms in total. The third-order valence-corrected chi connectivity index (χ3v) is 4.73. The quantitative estimate of drug-likeness (QED) is 0.579. The van der Waals surface area contributed by atoms with Crippen LogP contribution in [0.3, 0.4) is 0 Å². The number of nitrogens with zero attached hydrogens (tertiary/aromatic N) is 1. The average molecular weight is 179 g/mol. The van der Waals surface area contributed by atoms with Gasteiger partial charge in [-0.2, -0.15) is 5.26 Å². The zero-order valence-electron chi connectivity index (χ0n) is 8.59. The van der Waals surface area contributed by atoms with Crippen LogP contribution in [0.2, 0.25) is 0 Å². The van der Waals surface area contributed by atoms with Crippen LogP contribution >= 0.6 is 0 Å². The summed E-state index contributed by atoms with van der Waals surface area (Å²) in [5.41, 5.74) is -1.49. The van der Waals surface area contributed by atoms with Crippen LogP contribution in [0, 0.1) is 28.1 Å². The number of nitriles is 1. The second-order valence-electron chi connectivity index (χ2n) is 5.54. The lowest BCUT2D eigenvalue weighted by Gasteiger charge is -2.45. The molecule has 0 heterocycles. The second-order valence-corrected chi connectivity index (χ2v) is 5.54. The van der Waals surface area contributed by atoms with E-state index < -0.39 is 5.60 Å². The van der Waals surface area contributed by atoms with Crippen LogP contribution in [0.25, 0.3) is 0 Å². The molecule has 0 aromatic heterocycles. The van der Waals surface area contributed by atoms with Crippen molar-refractivity contribution in [2.75, 3.05) is 0 Å². The van der Waals surface area contributed by atoms with Gasteiger partial charge in [-0.1, -0.05) is 20.8 Å². The molecule has 72 valence electrons. The molecule has 0 aromatic carbocycles. The van der Waals surface area contributed by atoms with Gasteiger partial charge in [0.05, 0.1) is 6.07 Å². The van der Waals surface area contributed by atoms with Crippen LogP contribution in [0.15, 0.2) is 0 Å². The molecule has 2 heteroatoms. The molecule has 2 aliphatic carbocycles. The maximum atomic E-state index is 10.4. The molecule has 2 fully saturated rings. The van der Waals surface area contributed by atoms with E-state index in [0.717, 1.165) is 12.8 Å². The Morgan fingerprint density at radius 1 is 1.38 bits per heavy atom. The molecule has 13 heavy (non-hydrogen) atoms. The maximum Gasteiger partial charge on any atom is 0.161 e. The maximum absolute atomic E-state index is 10.4. The van der Waals surface area contributed by atoms with Crippen molar-refractivity contribution >= 4 is 0 Å². The fourth-order valence-corrected chi connectivity index (χ4v) is 3.54. The first-order valence-corrected chi connectivity index (χ1v) is 5.01. The summed E-state index contributed by atoms with van der Waals surface area (Å²) in [5, 5.41) is 19.6. The highest BCUT2D eigenvalue weighted by Gasteiger charge is 2.69. The van der Waals surface area contributed by atoms with E-state index in [4.69, 9.17) is 5.26 Å². The summed E-state index contributed by atoms with van der Waals surface area (Å²) in [4.78, 5) is 0. The molecule has 2 bridgehead atoms. The van der Waals surface area contributed by atoms with Gasteiger partial charge in [0.25, 0.3) is 0 Å². The van der Waals surface area contributed by atoms with E-state index in [2.05, 4.69) is 13.0 Å². The van der Waals surface area contributed by atoms with Gasteiger partial charge >= 0.3 is 0 Å². The Bertz CT molecular complexity index is 284. The summed E-state index contributed by atoms with van der Waals surface area (Å²) in [6.45, 7) is 6.13. The smallest absolute Gasteiger partial charge is 0.161 e. The van der Waals surface area contributed by atoms with Gasteiger partial charge in [-0.3, -0.25) is 0 Å². The number of rotatable bonds is 0. The van der Waals surface area contributed by atoms with E-state index in [-0.39, 0.29) is 10.8 Å². The minimum Gasteiger partial charge on any atom is -0.374 e. The Labute approximate surface area is 79.6 Å². The molecular weight excluding hydrogens is 162 g/mol. The number of hydrogen-bond donors (Lipinski definition) is 1. The molecule has 2 aliphatic rings. The van der Waals surface area contributed by atoms with Gasteiger partial charge in [0.15, 0.2) is 5.60 Å². The average Bonchev–Trinajstić information content (AvgIpc) is 2.51. The first-order chi connectivity index (χ1) is 5.87.